The Labute approximate surface area is 207 Å². The molecule has 2 aromatic carbocycles. The highest BCUT2D eigenvalue weighted by Crippen LogP contribution is 2.42. The van der Waals surface area contributed by atoms with Crippen LogP contribution in [0, 0.1) is 5.92 Å². The van der Waals surface area contributed by atoms with E-state index in [0.717, 1.165) is 46.5 Å². The summed E-state index contributed by atoms with van der Waals surface area (Å²) in [5.41, 5.74) is 2.62. The van der Waals surface area contributed by atoms with Gasteiger partial charge in [-0.25, -0.2) is 8.42 Å². The van der Waals surface area contributed by atoms with Gasteiger partial charge in [0.2, 0.25) is 22.7 Å². The summed E-state index contributed by atoms with van der Waals surface area (Å²) in [6.07, 6.45) is 2.47. The first-order valence-electron chi connectivity index (χ1n) is 11.6. The number of amides is 1. The normalized spacial score (nSPS) is 20.6. The van der Waals surface area contributed by atoms with Crippen LogP contribution < -0.4 is 14.4 Å². The molecule has 2 fully saturated rings. The van der Waals surface area contributed by atoms with Gasteiger partial charge in [0.1, 0.15) is 4.90 Å². The quantitative estimate of drug-likeness (QED) is 0.572. The topological polar surface area (TPSA) is 79.4 Å². The standard InChI is InChI=1S/C24H26BrN3O5S/c25-19-12-18-5-6-28(24(29)17-2-3-17)23(18)22(13-19)34(30,31)27-9-7-26(8-10-27)14-16-1-4-20-21(11-16)33-15-32-20/h1,4,11-13,17H,2-3,5-10,14-15H2. The van der Waals surface area contributed by atoms with Crippen molar-refractivity contribution < 1.29 is 22.7 Å². The highest BCUT2D eigenvalue weighted by Gasteiger charge is 2.41. The molecule has 1 amide bonds. The van der Waals surface area contributed by atoms with Crippen LogP contribution in [0.5, 0.6) is 11.5 Å². The average molecular weight is 548 g/mol. The Hall–Kier alpha value is -2.14. The van der Waals surface area contributed by atoms with Crippen molar-refractivity contribution in [3.63, 3.8) is 0 Å². The van der Waals surface area contributed by atoms with Gasteiger partial charge in [0, 0.05) is 49.7 Å². The van der Waals surface area contributed by atoms with E-state index in [9.17, 15) is 13.2 Å². The van der Waals surface area contributed by atoms with E-state index >= 15 is 0 Å². The van der Waals surface area contributed by atoms with Gasteiger partial charge < -0.3 is 14.4 Å². The number of carbonyl (C=O) groups excluding carboxylic acids is 1. The van der Waals surface area contributed by atoms with Gasteiger partial charge in [0.15, 0.2) is 11.5 Å². The van der Waals surface area contributed by atoms with Crippen LogP contribution in [0.1, 0.15) is 24.0 Å². The van der Waals surface area contributed by atoms with Gasteiger partial charge in [-0.1, -0.05) is 22.0 Å². The molecule has 0 atom stereocenters. The summed E-state index contributed by atoms with van der Waals surface area (Å²) in [6, 6.07) is 9.53. The first-order chi connectivity index (χ1) is 16.4. The number of halogens is 1. The summed E-state index contributed by atoms with van der Waals surface area (Å²) in [5, 5.41) is 0. The fourth-order valence-corrected chi connectivity index (χ4v) is 7.34. The second-order valence-electron chi connectivity index (χ2n) is 9.29. The summed E-state index contributed by atoms with van der Waals surface area (Å²) < 4.78 is 40.7. The number of anilines is 1. The monoisotopic (exact) mass is 547 g/mol. The smallest absolute Gasteiger partial charge is 0.245 e. The highest BCUT2D eigenvalue weighted by molar-refractivity contribution is 9.10. The Balaban J connectivity index is 1.19. The molecule has 1 saturated carbocycles. The molecule has 8 nitrogen and oxygen atoms in total. The molecule has 180 valence electrons. The van der Waals surface area contributed by atoms with Crippen molar-refractivity contribution in [1.82, 2.24) is 9.21 Å². The number of carbonyl (C=O) groups is 1. The summed E-state index contributed by atoms with van der Waals surface area (Å²) in [5.74, 6) is 1.62. The van der Waals surface area contributed by atoms with E-state index in [2.05, 4.69) is 20.8 Å². The minimum Gasteiger partial charge on any atom is -0.454 e. The number of nitrogens with zero attached hydrogens (tertiary/aromatic N) is 3. The zero-order valence-electron chi connectivity index (χ0n) is 18.7. The Morgan fingerprint density at radius 3 is 2.53 bits per heavy atom. The fraction of sp³-hybridized carbons (Fsp3) is 0.458. The molecule has 34 heavy (non-hydrogen) atoms. The molecule has 0 spiro atoms. The van der Waals surface area contributed by atoms with Gasteiger partial charge in [-0.15, -0.1) is 0 Å². The van der Waals surface area contributed by atoms with Crippen LogP contribution >= 0.6 is 15.9 Å². The van der Waals surface area contributed by atoms with Crippen molar-refractivity contribution in [3.05, 3.63) is 45.9 Å². The maximum absolute atomic E-state index is 13.8. The largest absolute Gasteiger partial charge is 0.454 e. The number of hydrogen-bond donors (Lipinski definition) is 0. The van der Waals surface area contributed by atoms with Crippen LogP contribution in [0.25, 0.3) is 0 Å². The van der Waals surface area contributed by atoms with Crippen molar-refractivity contribution in [2.24, 2.45) is 5.92 Å². The van der Waals surface area contributed by atoms with Crippen molar-refractivity contribution >= 4 is 37.5 Å². The van der Waals surface area contributed by atoms with Crippen molar-refractivity contribution in [2.75, 3.05) is 44.4 Å². The average Bonchev–Trinajstić information content (AvgIpc) is 3.43. The Bertz CT molecular complexity index is 1260. The molecular weight excluding hydrogens is 522 g/mol. The first kappa shape index (κ1) is 22.3. The van der Waals surface area contributed by atoms with E-state index in [-0.39, 0.29) is 23.5 Å². The van der Waals surface area contributed by atoms with Gasteiger partial charge in [0.05, 0.1) is 5.69 Å². The third-order valence-corrected chi connectivity index (χ3v) is 9.35. The molecule has 1 saturated heterocycles. The lowest BCUT2D eigenvalue weighted by Gasteiger charge is -2.34. The fourth-order valence-electron chi connectivity index (χ4n) is 5.00. The predicted molar refractivity (Wildman–Crippen MR) is 130 cm³/mol. The lowest BCUT2D eigenvalue weighted by atomic mass is 10.2. The van der Waals surface area contributed by atoms with Crippen LogP contribution in [0.15, 0.2) is 39.7 Å². The van der Waals surface area contributed by atoms with Crippen molar-refractivity contribution in [1.29, 1.82) is 0 Å². The maximum Gasteiger partial charge on any atom is 0.245 e. The second kappa shape index (κ2) is 8.51. The molecule has 6 rings (SSSR count). The number of piperazine rings is 1. The Morgan fingerprint density at radius 1 is 1.00 bits per heavy atom. The summed E-state index contributed by atoms with van der Waals surface area (Å²) in [7, 11) is -3.74. The van der Waals surface area contributed by atoms with Gasteiger partial charge in [0.25, 0.3) is 0 Å². The molecule has 3 heterocycles. The van der Waals surface area contributed by atoms with E-state index in [1.54, 1.807) is 15.3 Å². The summed E-state index contributed by atoms with van der Waals surface area (Å²) >= 11 is 3.48. The molecule has 10 heteroatoms. The number of rotatable bonds is 5. The lowest BCUT2D eigenvalue weighted by molar-refractivity contribution is -0.119. The zero-order valence-corrected chi connectivity index (χ0v) is 21.1. The van der Waals surface area contributed by atoms with Crippen LogP contribution in [-0.2, 0) is 27.8 Å². The molecule has 4 aliphatic rings. The molecule has 1 aliphatic carbocycles. The molecule has 0 unspecified atom stereocenters. The van der Waals surface area contributed by atoms with Gasteiger partial charge >= 0.3 is 0 Å². The molecule has 0 radical (unpaired) electrons. The van der Waals surface area contributed by atoms with E-state index in [4.69, 9.17) is 9.47 Å². The van der Waals surface area contributed by atoms with Gasteiger partial charge in [-0.2, -0.15) is 4.31 Å². The van der Waals surface area contributed by atoms with Crippen molar-refractivity contribution in [2.45, 2.75) is 30.7 Å². The first-order valence-corrected chi connectivity index (χ1v) is 13.9. The van der Waals surface area contributed by atoms with Crippen LogP contribution in [0.3, 0.4) is 0 Å². The van der Waals surface area contributed by atoms with E-state index in [1.807, 2.05) is 24.3 Å². The molecule has 0 N–H and O–H groups in total. The maximum atomic E-state index is 13.8. The number of hydrogen-bond acceptors (Lipinski definition) is 6. The van der Waals surface area contributed by atoms with Gasteiger partial charge in [-0.3, -0.25) is 9.69 Å². The molecular formula is C24H26BrN3O5S. The van der Waals surface area contributed by atoms with Crippen LogP contribution in [0.2, 0.25) is 0 Å². The molecule has 3 aliphatic heterocycles. The predicted octanol–water partition coefficient (Wildman–Crippen LogP) is 2.98. The lowest BCUT2D eigenvalue weighted by Crippen LogP contribution is -2.48. The van der Waals surface area contributed by atoms with Gasteiger partial charge in [-0.05, 0) is 54.7 Å². The van der Waals surface area contributed by atoms with Crippen LogP contribution in [-0.4, -0.2) is 63.0 Å². The summed E-state index contributed by atoms with van der Waals surface area (Å²) in [6.45, 7) is 3.60. The van der Waals surface area contributed by atoms with E-state index in [0.29, 0.717) is 44.8 Å². The third-order valence-electron chi connectivity index (χ3n) is 6.98. The SMILES string of the molecule is O=C(C1CC1)N1CCc2cc(Br)cc(S(=O)(=O)N3CCN(Cc4ccc5c(c4)OCO5)CC3)c21. The number of benzene rings is 2. The Kier molecular flexibility index (Phi) is 5.59. The minimum absolute atomic E-state index is 0.0462. The van der Waals surface area contributed by atoms with Crippen molar-refractivity contribution in [3.8, 4) is 11.5 Å². The molecule has 2 aromatic rings. The molecule has 0 aromatic heterocycles. The number of ether oxygens (including phenoxy) is 2. The minimum atomic E-state index is -3.74. The van der Waals surface area contributed by atoms with E-state index in [1.165, 1.54) is 0 Å². The Morgan fingerprint density at radius 2 is 1.76 bits per heavy atom. The second-order valence-corrected chi connectivity index (χ2v) is 12.1. The summed E-state index contributed by atoms with van der Waals surface area (Å²) in [4.78, 5) is 17.1. The van der Waals surface area contributed by atoms with Crippen LogP contribution in [0.4, 0.5) is 5.69 Å². The number of fused-ring (bicyclic) bond motifs is 2. The molecule has 0 bridgehead atoms. The highest BCUT2D eigenvalue weighted by atomic mass is 79.9. The zero-order chi connectivity index (χ0) is 23.4. The van der Waals surface area contributed by atoms with E-state index < -0.39 is 10.0 Å². The third kappa shape index (κ3) is 4.00. The number of sulfonamides is 1.